The summed E-state index contributed by atoms with van der Waals surface area (Å²) >= 11 is 3.54. The summed E-state index contributed by atoms with van der Waals surface area (Å²) in [4.78, 5) is 11.8. The zero-order valence-electron chi connectivity index (χ0n) is 13.3. The normalized spacial score (nSPS) is 18.6. The van der Waals surface area contributed by atoms with Gasteiger partial charge in [0.1, 0.15) is 16.2 Å². The highest BCUT2D eigenvalue weighted by Gasteiger charge is 2.36. The molecule has 1 aliphatic heterocycles. The molecular weight excluding hydrogens is 314 g/mol. The molecule has 0 spiro atoms. The molecule has 0 saturated carbocycles. The molecule has 112 valence electrons. The van der Waals surface area contributed by atoms with E-state index in [4.69, 9.17) is 4.98 Å². The van der Waals surface area contributed by atoms with Crippen molar-refractivity contribution < 1.29 is 0 Å². The predicted molar refractivity (Wildman–Crippen MR) is 88.3 cm³/mol. The SMILES string of the molecule is CCC1(CC)CCN(c2cc(Br)nc(C(C)(C)C)n2)C1. The first-order chi connectivity index (χ1) is 9.29. The molecule has 1 aliphatic rings. The highest BCUT2D eigenvalue weighted by Crippen LogP contribution is 2.39. The van der Waals surface area contributed by atoms with Crippen molar-refractivity contribution in [1.82, 2.24) is 9.97 Å². The van der Waals surface area contributed by atoms with Crippen LogP contribution in [0.3, 0.4) is 0 Å². The Bertz CT molecular complexity index is 475. The van der Waals surface area contributed by atoms with E-state index in [2.05, 4.69) is 66.5 Å². The van der Waals surface area contributed by atoms with Crippen LogP contribution in [-0.2, 0) is 5.41 Å². The zero-order chi connectivity index (χ0) is 15.0. The van der Waals surface area contributed by atoms with Crippen LogP contribution in [0.1, 0.15) is 59.7 Å². The van der Waals surface area contributed by atoms with Gasteiger partial charge < -0.3 is 4.90 Å². The number of aromatic nitrogens is 2. The third-order valence-electron chi connectivity index (χ3n) is 4.61. The average molecular weight is 340 g/mol. The van der Waals surface area contributed by atoms with Crippen molar-refractivity contribution >= 4 is 21.7 Å². The molecule has 3 nitrogen and oxygen atoms in total. The fourth-order valence-electron chi connectivity index (χ4n) is 2.86. The molecule has 1 saturated heterocycles. The molecule has 0 radical (unpaired) electrons. The number of nitrogens with zero attached hydrogens (tertiary/aromatic N) is 3. The Morgan fingerprint density at radius 2 is 1.90 bits per heavy atom. The standard InChI is InChI=1S/C16H26BrN3/c1-6-16(7-2)8-9-20(11-16)13-10-12(17)18-14(19-13)15(3,4)5/h10H,6-9,11H2,1-5H3. The molecule has 0 aliphatic carbocycles. The lowest BCUT2D eigenvalue weighted by molar-refractivity contribution is 0.301. The van der Waals surface area contributed by atoms with E-state index >= 15 is 0 Å². The second kappa shape index (κ2) is 5.63. The van der Waals surface area contributed by atoms with Gasteiger partial charge in [-0.25, -0.2) is 9.97 Å². The Labute approximate surface area is 131 Å². The van der Waals surface area contributed by atoms with E-state index < -0.39 is 0 Å². The van der Waals surface area contributed by atoms with Crippen molar-refractivity contribution in [2.75, 3.05) is 18.0 Å². The van der Waals surface area contributed by atoms with E-state index in [-0.39, 0.29) is 5.41 Å². The third kappa shape index (κ3) is 3.16. The van der Waals surface area contributed by atoms with Crippen molar-refractivity contribution in [2.45, 2.75) is 59.3 Å². The van der Waals surface area contributed by atoms with Crippen molar-refractivity contribution in [2.24, 2.45) is 5.41 Å². The maximum absolute atomic E-state index is 4.81. The van der Waals surface area contributed by atoms with Gasteiger partial charge in [-0.15, -0.1) is 0 Å². The molecular formula is C16H26BrN3. The van der Waals surface area contributed by atoms with E-state index in [9.17, 15) is 0 Å². The van der Waals surface area contributed by atoms with Crippen molar-refractivity contribution in [3.05, 3.63) is 16.5 Å². The second-order valence-electron chi connectivity index (χ2n) is 7.00. The molecule has 0 amide bonds. The molecule has 2 rings (SSSR count). The van der Waals surface area contributed by atoms with Crippen LogP contribution in [0.4, 0.5) is 5.82 Å². The number of rotatable bonds is 3. The van der Waals surface area contributed by atoms with Crippen molar-refractivity contribution in [3.63, 3.8) is 0 Å². The maximum Gasteiger partial charge on any atom is 0.137 e. The molecule has 0 bridgehead atoms. The van der Waals surface area contributed by atoms with Crippen LogP contribution in [0.5, 0.6) is 0 Å². The number of hydrogen-bond donors (Lipinski definition) is 0. The quantitative estimate of drug-likeness (QED) is 0.756. The summed E-state index contributed by atoms with van der Waals surface area (Å²) in [6.45, 7) is 13.3. The summed E-state index contributed by atoms with van der Waals surface area (Å²) in [7, 11) is 0. The number of anilines is 1. The Kier molecular flexibility index (Phi) is 4.43. The molecule has 20 heavy (non-hydrogen) atoms. The zero-order valence-corrected chi connectivity index (χ0v) is 14.9. The van der Waals surface area contributed by atoms with Crippen LogP contribution in [0.25, 0.3) is 0 Å². The van der Waals surface area contributed by atoms with Gasteiger partial charge in [0, 0.05) is 24.6 Å². The van der Waals surface area contributed by atoms with Crippen molar-refractivity contribution in [1.29, 1.82) is 0 Å². The lowest BCUT2D eigenvalue weighted by atomic mass is 9.82. The van der Waals surface area contributed by atoms with Gasteiger partial charge in [0.25, 0.3) is 0 Å². The molecule has 1 aromatic rings. The van der Waals surface area contributed by atoms with Crippen LogP contribution in [-0.4, -0.2) is 23.1 Å². The largest absolute Gasteiger partial charge is 0.356 e. The summed E-state index contributed by atoms with van der Waals surface area (Å²) < 4.78 is 0.887. The monoisotopic (exact) mass is 339 g/mol. The maximum atomic E-state index is 4.81. The van der Waals surface area contributed by atoms with Gasteiger partial charge in [-0.1, -0.05) is 34.6 Å². The molecule has 0 unspecified atom stereocenters. The molecule has 0 aromatic carbocycles. The highest BCUT2D eigenvalue weighted by molar-refractivity contribution is 9.10. The van der Waals surface area contributed by atoms with Crippen LogP contribution in [0.15, 0.2) is 10.7 Å². The molecule has 1 aromatic heterocycles. The average Bonchev–Trinajstić information content (AvgIpc) is 2.82. The van der Waals surface area contributed by atoms with E-state index in [1.54, 1.807) is 0 Å². The summed E-state index contributed by atoms with van der Waals surface area (Å²) in [5.74, 6) is 1.98. The van der Waals surface area contributed by atoms with Gasteiger partial charge in [0.15, 0.2) is 0 Å². The first kappa shape index (κ1) is 15.7. The molecule has 2 heterocycles. The summed E-state index contributed by atoms with van der Waals surface area (Å²) in [5.41, 5.74) is 0.449. The Morgan fingerprint density at radius 3 is 2.40 bits per heavy atom. The Hall–Kier alpha value is -0.640. The van der Waals surface area contributed by atoms with Crippen LogP contribution < -0.4 is 4.90 Å². The lowest BCUT2D eigenvalue weighted by Gasteiger charge is -2.27. The first-order valence-electron chi connectivity index (χ1n) is 7.60. The van der Waals surface area contributed by atoms with E-state index in [1.165, 1.54) is 19.3 Å². The van der Waals surface area contributed by atoms with Gasteiger partial charge in [-0.2, -0.15) is 0 Å². The lowest BCUT2D eigenvalue weighted by Crippen LogP contribution is -2.28. The molecule has 4 heteroatoms. The Balaban J connectivity index is 2.29. The summed E-state index contributed by atoms with van der Waals surface area (Å²) in [5, 5.41) is 0. The van der Waals surface area contributed by atoms with Gasteiger partial charge in [0.2, 0.25) is 0 Å². The van der Waals surface area contributed by atoms with E-state index in [0.717, 1.165) is 29.3 Å². The fourth-order valence-corrected chi connectivity index (χ4v) is 3.23. The molecule has 1 fully saturated rings. The van der Waals surface area contributed by atoms with E-state index in [0.29, 0.717) is 5.41 Å². The summed E-state index contributed by atoms with van der Waals surface area (Å²) in [6, 6.07) is 2.05. The molecule has 0 N–H and O–H groups in total. The van der Waals surface area contributed by atoms with Crippen LogP contribution in [0.2, 0.25) is 0 Å². The minimum Gasteiger partial charge on any atom is -0.356 e. The minimum atomic E-state index is -0.0230. The Morgan fingerprint density at radius 1 is 1.25 bits per heavy atom. The third-order valence-corrected chi connectivity index (χ3v) is 5.02. The first-order valence-corrected chi connectivity index (χ1v) is 8.39. The van der Waals surface area contributed by atoms with Gasteiger partial charge in [-0.3, -0.25) is 0 Å². The summed E-state index contributed by atoms with van der Waals surface area (Å²) in [6.07, 6.45) is 3.77. The van der Waals surface area contributed by atoms with E-state index in [1.807, 2.05) is 0 Å². The second-order valence-corrected chi connectivity index (χ2v) is 7.81. The van der Waals surface area contributed by atoms with Gasteiger partial charge >= 0.3 is 0 Å². The molecule has 0 atom stereocenters. The van der Waals surface area contributed by atoms with Crippen LogP contribution >= 0.6 is 15.9 Å². The number of hydrogen-bond acceptors (Lipinski definition) is 3. The predicted octanol–water partition coefficient (Wildman–Crippen LogP) is 4.55. The van der Waals surface area contributed by atoms with Crippen LogP contribution in [0, 0.1) is 5.41 Å². The smallest absolute Gasteiger partial charge is 0.137 e. The number of halogens is 1. The minimum absolute atomic E-state index is 0.0230. The highest BCUT2D eigenvalue weighted by atomic mass is 79.9. The topological polar surface area (TPSA) is 29.0 Å². The van der Waals surface area contributed by atoms with Crippen molar-refractivity contribution in [3.8, 4) is 0 Å². The fraction of sp³-hybridized carbons (Fsp3) is 0.750. The van der Waals surface area contributed by atoms with Gasteiger partial charge in [-0.05, 0) is 40.6 Å². The van der Waals surface area contributed by atoms with Gasteiger partial charge in [0.05, 0.1) is 0 Å².